The first-order chi connectivity index (χ1) is 18.4. The van der Waals surface area contributed by atoms with Gasteiger partial charge in [0.25, 0.3) is 5.91 Å². The van der Waals surface area contributed by atoms with Crippen LogP contribution in [0.5, 0.6) is 0 Å². The van der Waals surface area contributed by atoms with Crippen molar-refractivity contribution < 1.29 is 23.9 Å². The summed E-state index contributed by atoms with van der Waals surface area (Å²) in [4.78, 5) is 52.7. The van der Waals surface area contributed by atoms with Crippen molar-refractivity contribution in [1.82, 2.24) is 26.2 Å². The normalized spacial score (nSPS) is 19.4. The van der Waals surface area contributed by atoms with Crippen LogP contribution in [-0.4, -0.2) is 91.3 Å². The van der Waals surface area contributed by atoms with Gasteiger partial charge in [-0.2, -0.15) is 11.8 Å². The number of thioether (sulfide) groups is 1. The molecule has 6 N–H and O–H groups in total. The molecule has 15 heteroatoms. The van der Waals surface area contributed by atoms with Gasteiger partial charge in [-0.1, -0.05) is 23.7 Å². The Morgan fingerprint density at radius 3 is 2.71 bits per heavy atom. The van der Waals surface area contributed by atoms with Gasteiger partial charge in [0, 0.05) is 46.8 Å². The third kappa shape index (κ3) is 8.71. The van der Waals surface area contributed by atoms with Crippen molar-refractivity contribution in [2.24, 2.45) is 10.8 Å². The van der Waals surface area contributed by atoms with E-state index in [4.69, 9.17) is 16.0 Å². The Morgan fingerprint density at radius 1 is 1.18 bits per heavy atom. The summed E-state index contributed by atoms with van der Waals surface area (Å²) in [6, 6.07) is 6.23. The first-order valence-corrected chi connectivity index (χ1v) is 13.5. The summed E-state index contributed by atoms with van der Waals surface area (Å²) in [6.07, 6.45) is 2.00. The molecule has 0 aromatic heterocycles. The Kier molecular flexibility index (Phi) is 11.3. The number of azide groups is 1. The molecule has 2 aliphatic rings. The van der Waals surface area contributed by atoms with Gasteiger partial charge in [0.05, 0.1) is 25.2 Å². The molecule has 1 aromatic rings. The number of urea groups is 1. The van der Waals surface area contributed by atoms with Crippen molar-refractivity contribution in [3.05, 3.63) is 40.3 Å². The van der Waals surface area contributed by atoms with E-state index in [9.17, 15) is 19.2 Å². The van der Waals surface area contributed by atoms with Crippen molar-refractivity contribution in [1.29, 1.82) is 0 Å². The van der Waals surface area contributed by atoms with E-state index in [0.29, 0.717) is 17.5 Å². The molecular weight excluding hydrogens is 514 g/mol. The molecule has 2 fully saturated rings. The zero-order valence-corrected chi connectivity index (χ0v) is 21.7. The molecule has 0 radical (unpaired) electrons. The third-order valence-electron chi connectivity index (χ3n) is 6.08. The SMILES string of the molecule is [N-]=[N+]=Nc1ccc(C(=O)N(CCOC(=O)NCCCCC2SCC3NC(=O)NC32)CC(=O)NCCN)cc1. The topological polar surface area (TPSA) is 204 Å². The number of nitrogens with two attached hydrogens (primary N) is 1. The summed E-state index contributed by atoms with van der Waals surface area (Å²) < 4.78 is 5.21. The number of benzene rings is 1. The molecule has 0 bridgehead atoms. The van der Waals surface area contributed by atoms with Crippen LogP contribution in [0.2, 0.25) is 0 Å². The van der Waals surface area contributed by atoms with Crippen LogP contribution in [0.3, 0.4) is 0 Å². The van der Waals surface area contributed by atoms with E-state index in [1.54, 1.807) is 0 Å². The van der Waals surface area contributed by atoms with Crippen LogP contribution >= 0.6 is 11.8 Å². The molecule has 3 unspecified atom stereocenters. The molecule has 0 spiro atoms. The van der Waals surface area contributed by atoms with Crippen molar-refractivity contribution in [3.63, 3.8) is 0 Å². The Morgan fingerprint density at radius 2 is 1.97 bits per heavy atom. The van der Waals surface area contributed by atoms with Crippen molar-refractivity contribution in [2.75, 3.05) is 45.1 Å². The fourth-order valence-electron chi connectivity index (χ4n) is 4.20. The average Bonchev–Trinajstić information content (AvgIpc) is 3.46. The lowest BCUT2D eigenvalue weighted by molar-refractivity contribution is -0.121. The van der Waals surface area contributed by atoms with Gasteiger partial charge in [-0.15, -0.1) is 0 Å². The maximum absolute atomic E-state index is 13.0. The van der Waals surface area contributed by atoms with Gasteiger partial charge in [0.2, 0.25) is 5.91 Å². The molecule has 2 saturated heterocycles. The predicted octanol–water partition coefficient (Wildman–Crippen LogP) is 1.21. The molecule has 3 rings (SSSR count). The van der Waals surface area contributed by atoms with E-state index < -0.39 is 17.9 Å². The van der Waals surface area contributed by atoms with Gasteiger partial charge in [0.15, 0.2) is 0 Å². The number of amides is 5. The van der Waals surface area contributed by atoms with Gasteiger partial charge in [-0.25, -0.2) is 9.59 Å². The first-order valence-electron chi connectivity index (χ1n) is 12.4. The molecule has 206 valence electrons. The molecule has 14 nitrogen and oxygen atoms in total. The number of carbonyl (C=O) groups excluding carboxylic acids is 4. The van der Waals surface area contributed by atoms with Gasteiger partial charge in [-0.05, 0) is 30.5 Å². The number of unbranched alkanes of at least 4 members (excludes halogenated alkanes) is 1. The number of nitrogens with one attached hydrogen (secondary N) is 4. The zero-order valence-electron chi connectivity index (χ0n) is 20.9. The maximum Gasteiger partial charge on any atom is 0.407 e. The lowest BCUT2D eigenvalue weighted by Gasteiger charge is -2.22. The minimum atomic E-state index is -0.605. The molecule has 0 aliphatic carbocycles. The quantitative estimate of drug-likeness (QED) is 0.0756. The van der Waals surface area contributed by atoms with Crippen LogP contribution in [0, 0.1) is 0 Å². The van der Waals surface area contributed by atoms with E-state index >= 15 is 0 Å². The zero-order chi connectivity index (χ0) is 27.3. The van der Waals surface area contributed by atoms with E-state index in [1.165, 1.54) is 29.2 Å². The molecule has 1 aromatic carbocycles. The summed E-state index contributed by atoms with van der Waals surface area (Å²) in [7, 11) is 0. The minimum Gasteiger partial charge on any atom is -0.448 e. The second-order valence-electron chi connectivity index (χ2n) is 8.78. The number of carbonyl (C=O) groups is 4. The molecule has 38 heavy (non-hydrogen) atoms. The third-order valence-corrected chi connectivity index (χ3v) is 7.59. The van der Waals surface area contributed by atoms with Crippen LogP contribution in [0.25, 0.3) is 10.4 Å². The van der Waals surface area contributed by atoms with E-state index in [0.717, 1.165) is 25.0 Å². The van der Waals surface area contributed by atoms with Gasteiger partial charge in [0.1, 0.15) is 6.61 Å². The van der Waals surface area contributed by atoms with Gasteiger partial charge >= 0.3 is 12.1 Å². The number of nitrogens with zero attached hydrogens (tertiary/aromatic N) is 4. The Labute approximate surface area is 224 Å². The lowest BCUT2D eigenvalue weighted by atomic mass is 10.0. The molecule has 3 atom stereocenters. The number of rotatable bonds is 14. The summed E-state index contributed by atoms with van der Waals surface area (Å²) >= 11 is 1.85. The predicted molar refractivity (Wildman–Crippen MR) is 142 cm³/mol. The smallest absolute Gasteiger partial charge is 0.407 e. The monoisotopic (exact) mass is 547 g/mol. The number of ether oxygens (including phenoxy) is 1. The number of hydrogen-bond acceptors (Lipinski definition) is 8. The van der Waals surface area contributed by atoms with Crippen LogP contribution in [-0.2, 0) is 9.53 Å². The number of alkyl carbamates (subject to hydrolysis) is 1. The molecule has 2 aliphatic heterocycles. The van der Waals surface area contributed by atoms with E-state index in [-0.39, 0.29) is 56.5 Å². The highest BCUT2D eigenvalue weighted by Gasteiger charge is 2.42. The van der Waals surface area contributed by atoms with Crippen LogP contribution in [0.4, 0.5) is 15.3 Å². The highest BCUT2D eigenvalue weighted by Crippen LogP contribution is 2.32. The van der Waals surface area contributed by atoms with E-state index in [2.05, 4.69) is 31.3 Å². The first kappa shape index (κ1) is 28.9. The Hall–Kier alpha value is -3.68. The summed E-state index contributed by atoms with van der Waals surface area (Å²) in [5, 5.41) is 15.0. The molecule has 2 heterocycles. The Balaban J connectivity index is 1.39. The van der Waals surface area contributed by atoms with Crippen molar-refractivity contribution in [2.45, 2.75) is 36.6 Å². The molecular formula is C23H33N9O5S. The fraction of sp³-hybridized carbons (Fsp3) is 0.565. The van der Waals surface area contributed by atoms with Crippen LogP contribution in [0.1, 0.15) is 29.6 Å². The highest BCUT2D eigenvalue weighted by molar-refractivity contribution is 8.00. The van der Waals surface area contributed by atoms with Crippen molar-refractivity contribution in [3.8, 4) is 0 Å². The fourth-order valence-corrected chi connectivity index (χ4v) is 5.75. The second kappa shape index (κ2) is 14.9. The van der Waals surface area contributed by atoms with Gasteiger partial charge in [-0.3, -0.25) is 9.59 Å². The number of hydrogen-bond donors (Lipinski definition) is 5. The Bertz CT molecular complexity index is 1030. The maximum atomic E-state index is 13.0. The largest absolute Gasteiger partial charge is 0.448 e. The van der Waals surface area contributed by atoms with Crippen LogP contribution in [0.15, 0.2) is 29.4 Å². The summed E-state index contributed by atoms with van der Waals surface area (Å²) in [5.74, 6) is 0.0807. The number of fused-ring (bicyclic) bond motifs is 1. The molecule has 5 amide bonds. The average molecular weight is 548 g/mol. The lowest BCUT2D eigenvalue weighted by Crippen LogP contribution is -2.43. The van der Waals surface area contributed by atoms with Crippen LogP contribution < -0.4 is 27.0 Å². The standard InChI is InChI=1S/C23H33N9O5S/c24-8-10-26-19(33)13-32(21(34)15-4-6-16(7-5-15)30-31-25)11-12-37-23(36)27-9-2-1-3-18-20-17(14-38-18)28-22(35)29-20/h4-7,17-18,20H,1-3,8-14,24H2,(H,26,33)(H,27,36)(H2,28,29,35). The minimum absolute atomic E-state index is 0.00160. The summed E-state index contributed by atoms with van der Waals surface area (Å²) in [6.45, 7) is 0.634. The molecule has 0 saturated carbocycles. The van der Waals surface area contributed by atoms with E-state index in [1.807, 2.05) is 11.8 Å². The second-order valence-corrected chi connectivity index (χ2v) is 10.1. The summed E-state index contributed by atoms with van der Waals surface area (Å²) in [5.41, 5.74) is 14.6. The van der Waals surface area contributed by atoms with Gasteiger partial charge < -0.3 is 36.6 Å². The van der Waals surface area contributed by atoms with Crippen molar-refractivity contribution >= 4 is 41.4 Å². The highest BCUT2D eigenvalue weighted by atomic mass is 32.2.